The lowest BCUT2D eigenvalue weighted by Gasteiger charge is -2.45. The molecule has 232 valence electrons. The Morgan fingerprint density at radius 2 is 1.75 bits per heavy atom. The van der Waals surface area contributed by atoms with Crippen LogP contribution in [0, 0.1) is 5.92 Å². The number of benzene rings is 3. The maximum atomic E-state index is 13.9. The molecule has 0 fully saturated rings. The number of aliphatic hydroxyl groups is 1. The number of para-hydroxylation sites is 1. The zero-order valence-corrected chi connectivity index (χ0v) is 26.9. The number of carbonyl (C=O) groups excluding carboxylic acids is 2. The van der Waals surface area contributed by atoms with Gasteiger partial charge in [-0.2, -0.15) is 0 Å². The molecule has 2 N–H and O–H groups in total. The Kier molecular flexibility index (Phi) is 8.41. The molecule has 0 bridgehead atoms. The Morgan fingerprint density at radius 3 is 2.45 bits per heavy atom. The molecule has 0 aliphatic carbocycles. The van der Waals surface area contributed by atoms with Crippen molar-refractivity contribution in [3.8, 4) is 5.75 Å². The fraction of sp³-hybridized carbons (Fsp3) is 0.429. The predicted molar refractivity (Wildman–Crippen MR) is 171 cm³/mol. The molecule has 0 radical (unpaired) electrons. The first-order chi connectivity index (χ1) is 21.1. The molecule has 3 aromatic carbocycles. The number of aryl methyl sites for hydroxylation is 1. The summed E-state index contributed by atoms with van der Waals surface area (Å²) in [7, 11) is -1.27. The quantitative estimate of drug-likeness (QED) is 0.351. The van der Waals surface area contributed by atoms with Crippen LogP contribution in [0.5, 0.6) is 5.75 Å². The van der Waals surface area contributed by atoms with E-state index < -0.39 is 20.0 Å². The van der Waals surface area contributed by atoms with E-state index in [4.69, 9.17) is 9.47 Å². The number of carbonyl (C=O) groups is 2. The molecular formula is C35H42N2O6Si. The molecule has 3 aliphatic rings. The minimum absolute atomic E-state index is 0.0494. The third-order valence-corrected chi connectivity index (χ3v) is 12.1. The molecule has 6 rings (SSSR count). The van der Waals surface area contributed by atoms with Crippen molar-refractivity contribution >= 4 is 31.5 Å². The van der Waals surface area contributed by atoms with Gasteiger partial charge in [0.2, 0.25) is 11.8 Å². The Bertz CT molecular complexity index is 1550. The van der Waals surface area contributed by atoms with Gasteiger partial charge in [-0.3, -0.25) is 14.5 Å². The normalized spacial score (nSPS) is 23.7. The van der Waals surface area contributed by atoms with Gasteiger partial charge in [0.1, 0.15) is 11.9 Å². The standard InChI is InChI=1S/C35H42N2O6Si/c1-22-34(42-2)28-18-26(37-29-12-8-7-9-23(29)13-16-32(37)39)14-15-30(28)43-35(22)31(44(3,4)41)19-33(40)36-20-25-11-6-5-10-24(25)17-27(36)21-38/h5-12,14-15,18,22,27,31,34-35,38,41H,13,16-17,19-21H2,1-4H3/t22-,27+,31?,34-,35-/m1/s1. The monoisotopic (exact) mass is 614 g/mol. The van der Waals surface area contributed by atoms with Crippen LogP contribution in [0.4, 0.5) is 11.4 Å². The summed E-state index contributed by atoms with van der Waals surface area (Å²) < 4.78 is 12.8. The van der Waals surface area contributed by atoms with Gasteiger partial charge in [0.05, 0.1) is 24.4 Å². The van der Waals surface area contributed by atoms with Crippen LogP contribution in [0.2, 0.25) is 18.6 Å². The highest BCUT2D eigenvalue weighted by molar-refractivity contribution is 6.71. The second-order valence-electron chi connectivity index (χ2n) is 13.0. The van der Waals surface area contributed by atoms with Crippen molar-refractivity contribution in [2.24, 2.45) is 5.92 Å². The third kappa shape index (κ3) is 5.58. The van der Waals surface area contributed by atoms with Crippen molar-refractivity contribution in [1.82, 2.24) is 4.90 Å². The summed E-state index contributed by atoms with van der Waals surface area (Å²) in [5.74, 6) is 0.413. The smallest absolute Gasteiger partial charge is 0.231 e. The zero-order chi connectivity index (χ0) is 31.2. The fourth-order valence-corrected chi connectivity index (χ4v) is 9.18. The van der Waals surface area contributed by atoms with Gasteiger partial charge in [-0.25, -0.2) is 0 Å². The molecule has 2 amide bonds. The van der Waals surface area contributed by atoms with Crippen LogP contribution in [0.1, 0.15) is 48.1 Å². The lowest BCUT2D eigenvalue weighted by atomic mass is 9.85. The maximum absolute atomic E-state index is 13.9. The average Bonchev–Trinajstić information content (AvgIpc) is 3.02. The molecule has 1 unspecified atom stereocenters. The molecule has 44 heavy (non-hydrogen) atoms. The van der Waals surface area contributed by atoms with E-state index in [-0.39, 0.29) is 42.9 Å². The Morgan fingerprint density at radius 1 is 1.05 bits per heavy atom. The largest absolute Gasteiger partial charge is 0.490 e. The van der Waals surface area contributed by atoms with Crippen molar-refractivity contribution < 1.29 is 29.0 Å². The summed E-state index contributed by atoms with van der Waals surface area (Å²) in [5, 5.41) is 10.2. The van der Waals surface area contributed by atoms with Crippen LogP contribution in [-0.4, -0.2) is 60.8 Å². The van der Waals surface area contributed by atoms with Gasteiger partial charge in [0.15, 0.2) is 8.32 Å². The number of anilines is 2. The van der Waals surface area contributed by atoms with E-state index in [9.17, 15) is 19.5 Å². The lowest BCUT2D eigenvalue weighted by molar-refractivity contribution is -0.136. The number of hydrogen-bond acceptors (Lipinski definition) is 6. The first-order valence-corrected chi connectivity index (χ1v) is 18.6. The van der Waals surface area contributed by atoms with Gasteiger partial charge in [-0.1, -0.05) is 49.4 Å². The molecule has 5 atom stereocenters. The number of nitrogens with zero attached hydrogens (tertiary/aromatic N) is 2. The van der Waals surface area contributed by atoms with Crippen LogP contribution in [0.25, 0.3) is 0 Å². The Hall–Kier alpha value is -3.50. The van der Waals surface area contributed by atoms with Gasteiger partial charge in [-0.05, 0) is 66.9 Å². The van der Waals surface area contributed by atoms with Crippen molar-refractivity contribution in [3.05, 3.63) is 89.0 Å². The number of aliphatic hydroxyl groups excluding tert-OH is 1. The number of amides is 2. The molecular weight excluding hydrogens is 572 g/mol. The SMILES string of the molecule is CO[C@H]1c2cc(N3C(=O)CCc4ccccc43)ccc2O[C@@H](C(CC(=O)N2Cc3ccccc3C[C@H]2CO)[Si](C)(C)O)[C@@H]1C. The topological polar surface area (TPSA) is 99.5 Å². The van der Waals surface area contributed by atoms with Gasteiger partial charge < -0.3 is 24.3 Å². The van der Waals surface area contributed by atoms with Crippen LogP contribution in [0.3, 0.4) is 0 Å². The molecule has 3 heterocycles. The van der Waals surface area contributed by atoms with Gasteiger partial charge >= 0.3 is 0 Å². The first kappa shape index (κ1) is 30.5. The van der Waals surface area contributed by atoms with Gasteiger partial charge in [0.25, 0.3) is 0 Å². The van der Waals surface area contributed by atoms with Crippen molar-refractivity contribution in [2.45, 2.75) is 76.0 Å². The Balaban J connectivity index is 1.29. The van der Waals surface area contributed by atoms with E-state index in [1.165, 1.54) is 0 Å². The molecule has 0 saturated heterocycles. The highest BCUT2D eigenvalue weighted by Gasteiger charge is 2.48. The van der Waals surface area contributed by atoms with E-state index >= 15 is 0 Å². The molecule has 3 aliphatic heterocycles. The molecule has 0 spiro atoms. The van der Waals surface area contributed by atoms with Crippen LogP contribution < -0.4 is 9.64 Å². The zero-order valence-electron chi connectivity index (χ0n) is 25.9. The van der Waals surface area contributed by atoms with Gasteiger partial charge in [-0.15, -0.1) is 0 Å². The minimum atomic E-state index is -2.94. The number of ether oxygens (including phenoxy) is 2. The number of hydrogen-bond donors (Lipinski definition) is 2. The Labute approximate surface area is 260 Å². The fourth-order valence-electron chi connectivity index (χ4n) is 7.33. The summed E-state index contributed by atoms with van der Waals surface area (Å²) >= 11 is 0. The second-order valence-corrected chi connectivity index (χ2v) is 17.0. The minimum Gasteiger partial charge on any atom is -0.490 e. The molecule has 9 heteroatoms. The van der Waals surface area contributed by atoms with Crippen molar-refractivity contribution in [3.63, 3.8) is 0 Å². The van der Waals surface area contributed by atoms with Crippen molar-refractivity contribution in [1.29, 1.82) is 0 Å². The van der Waals surface area contributed by atoms with E-state index in [1.807, 2.05) is 74.6 Å². The highest BCUT2D eigenvalue weighted by Crippen LogP contribution is 2.48. The number of rotatable bonds is 7. The van der Waals surface area contributed by atoms with E-state index in [0.29, 0.717) is 25.1 Å². The second kappa shape index (κ2) is 12.1. The van der Waals surface area contributed by atoms with Crippen LogP contribution >= 0.6 is 0 Å². The first-order valence-electron chi connectivity index (χ1n) is 15.5. The summed E-state index contributed by atoms with van der Waals surface area (Å²) in [4.78, 5) is 42.2. The molecule has 0 aromatic heterocycles. The summed E-state index contributed by atoms with van der Waals surface area (Å²) in [5.41, 5.74) is 5.48. The summed E-state index contributed by atoms with van der Waals surface area (Å²) in [6.45, 7) is 6.07. The van der Waals surface area contributed by atoms with Crippen LogP contribution in [-0.2, 0) is 33.7 Å². The van der Waals surface area contributed by atoms with E-state index in [1.54, 1.807) is 16.9 Å². The summed E-state index contributed by atoms with van der Waals surface area (Å²) in [6.07, 6.45) is 1.07. The molecule has 3 aromatic rings. The highest BCUT2D eigenvalue weighted by atomic mass is 28.4. The van der Waals surface area contributed by atoms with Crippen LogP contribution in [0.15, 0.2) is 66.7 Å². The lowest BCUT2D eigenvalue weighted by Crippen LogP contribution is -2.52. The average molecular weight is 615 g/mol. The van der Waals surface area contributed by atoms with Crippen molar-refractivity contribution in [2.75, 3.05) is 18.6 Å². The third-order valence-electron chi connectivity index (χ3n) is 9.75. The maximum Gasteiger partial charge on any atom is 0.231 e. The molecule has 8 nitrogen and oxygen atoms in total. The number of methoxy groups -OCH3 is 1. The van der Waals surface area contributed by atoms with Gasteiger partial charge in [0, 0.05) is 49.2 Å². The molecule has 0 saturated carbocycles. The van der Waals surface area contributed by atoms with E-state index in [0.717, 1.165) is 40.0 Å². The predicted octanol–water partition coefficient (Wildman–Crippen LogP) is 5.29. The van der Waals surface area contributed by atoms with E-state index in [2.05, 4.69) is 12.1 Å². The number of fused-ring (bicyclic) bond motifs is 3. The summed E-state index contributed by atoms with van der Waals surface area (Å²) in [6, 6.07) is 21.5.